The maximum atomic E-state index is 13.4. The normalized spacial score (nSPS) is 24.1. The van der Waals surface area contributed by atoms with Crippen LogP contribution in [0.2, 0.25) is 0 Å². The van der Waals surface area contributed by atoms with Crippen molar-refractivity contribution >= 4 is 9.84 Å². The fourth-order valence-corrected chi connectivity index (χ4v) is 3.69. The molecular weight excluding hydrogens is 277 g/mol. The van der Waals surface area contributed by atoms with Gasteiger partial charge in [-0.25, -0.2) is 12.8 Å². The van der Waals surface area contributed by atoms with Crippen molar-refractivity contribution in [1.29, 1.82) is 0 Å². The third kappa shape index (κ3) is 4.03. The lowest BCUT2D eigenvalue weighted by molar-refractivity contribution is 0.234. The average Bonchev–Trinajstić information content (AvgIpc) is 2.69. The van der Waals surface area contributed by atoms with Crippen LogP contribution >= 0.6 is 0 Å². The van der Waals surface area contributed by atoms with E-state index in [1.54, 1.807) is 12.1 Å². The molecule has 5 heteroatoms. The quantitative estimate of drug-likeness (QED) is 0.839. The second kappa shape index (κ2) is 6.22. The van der Waals surface area contributed by atoms with E-state index in [0.717, 1.165) is 25.1 Å². The van der Waals surface area contributed by atoms with Gasteiger partial charge in [0.05, 0.1) is 5.75 Å². The Morgan fingerprint density at radius 1 is 1.40 bits per heavy atom. The van der Waals surface area contributed by atoms with Gasteiger partial charge in [0.25, 0.3) is 0 Å². The van der Waals surface area contributed by atoms with Crippen molar-refractivity contribution in [3.05, 3.63) is 35.6 Å². The van der Waals surface area contributed by atoms with Crippen molar-refractivity contribution in [1.82, 2.24) is 4.90 Å². The molecular formula is C15H22FNO2S. The first kappa shape index (κ1) is 15.4. The highest BCUT2D eigenvalue weighted by Gasteiger charge is 2.32. The minimum absolute atomic E-state index is 0.199. The van der Waals surface area contributed by atoms with Gasteiger partial charge in [-0.15, -0.1) is 0 Å². The minimum Gasteiger partial charge on any atom is -0.296 e. The zero-order chi connectivity index (χ0) is 14.8. The topological polar surface area (TPSA) is 37.4 Å². The average molecular weight is 299 g/mol. The van der Waals surface area contributed by atoms with Crippen LogP contribution in [0.4, 0.5) is 4.39 Å². The number of sulfone groups is 1. The summed E-state index contributed by atoms with van der Waals surface area (Å²) in [7, 11) is -2.90. The summed E-state index contributed by atoms with van der Waals surface area (Å²) < 4.78 is 35.8. The predicted molar refractivity (Wildman–Crippen MR) is 78.8 cm³/mol. The Balaban J connectivity index is 2.05. The molecule has 0 saturated carbocycles. The number of hydrogen-bond donors (Lipinski definition) is 0. The van der Waals surface area contributed by atoms with Crippen LogP contribution in [0, 0.1) is 11.7 Å². The van der Waals surface area contributed by atoms with Gasteiger partial charge >= 0.3 is 0 Å². The van der Waals surface area contributed by atoms with Crippen molar-refractivity contribution in [2.75, 3.05) is 25.1 Å². The molecule has 0 radical (unpaired) electrons. The number of halogens is 1. The molecule has 1 aliphatic rings. The molecule has 0 spiro atoms. The Morgan fingerprint density at radius 3 is 2.80 bits per heavy atom. The molecule has 1 aliphatic heterocycles. The highest BCUT2D eigenvalue weighted by atomic mass is 32.2. The Bertz CT molecular complexity index is 559. The summed E-state index contributed by atoms with van der Waals surface area (Å²) in [6.07, 6.45) is 2.97. The summed E-state index contributed by atoms with van der Waals surface area (Å²) in [5.74, 6) is 0.473. The lowest BCUT2D eigenvalue weighted by Gasteiger charge is -2.27. The van der Waals surface area contributed by atoms with Crippen molar-refractivity contribution in [2.45, 2.75) is 25.8 Å². The molecule has 0 N–H and O–H groups in total. The van der Waals surface area contributed by atoms with E-state index in [-0.39, 0.29) is 17.6 Å². The molecule has 1 heterocycles. The smallest absolute Gasteiger partial charge is 0.147 e. The fourth-order valence-electron chi connectivity index (χ4n) is 3.04. The van der Waals surface area contributed by atoms with E-state index in [1.807, 2.05) is 6.07 Å². The van der Waals surface area contributed by atoms with Crippen LogP contribution in [0.15, 0.2) is 24.3 Å². The van der Waals surface area contributed by atoms with Crippen LogP contribution in [0.3, 0.4) is 0 Å². The van der Waals surface area contributed by atoms with E-state index >= 15 is 0 Å². The van der Waals surface area contributed by atoms with E-state index in [2.05, 4.69) is 11.8 Å². The predicted octanol–water partition coefficient (Wildman–Crippen LogP) is 2.64. The summed E-state index contributed by atoms with van der Waals surface area (Å²) in [5.41, 5.74) is 0.995. The van der Waals surface area contributed by atoms with Gasteiger partial charge in [-0.05, 0) is 49.5 Å². The molecule has 2 unspecified atom stereocenters. The first-order valence-electron chi connectivity index (χ1n) is 7.04. The number of likely N-dealkylation sites (tertiary alicyclic amines) is 1. The molecule has 0 aromatic heterocycles. The standard InChI is InChI=1S/C15H22FNO2S/c1-12-7-9-17(8-4-10-20(2,18)19)15(12)13-5-3-6-14(16)11-13/h3,5-6,11-12,15H,4,7-10H2,1-2H3. The van der Waals surface area contributed by atoms with Crippen LogP contribution in [-0.4, -0.2) is 38.4 Å². The second-order valence-corrected chi connectivity index (χ2v) is 8.04. The molecule has 20 heavy (non-hydrogen) atoms. The molecule has 2 atom stereocenters. The molecule has 1 aromatic rings. The van der Waals surface area contributed by atoms with Crippen molar-refractivity contribution in [3.8, 4) is 0 Å². The summed E-state index contributed by atoms with van der Waals surface area (Å²) in [6, 6.07) is 6.95. The van der Waals surface area contributed by atoms with Gasteiger partial charge in [0.2, 0.25) is 0 Å². The molecule has 0 bridgehead atoms. The summed E-state index contributed by atoms with van der Waals surface area (Å²) in [4.78, 5) is 2.28. The van der Waals surface area contributed by atoms with Gasteiger partial charge in [-0.1, -0.05) is 19.1 Å². The lowest BCUT2D eigenvalue weighted by atomic mass is 9.95. The Hall–Kier alpha value is -0.940. The summed E-state index contributed by atoms with van der Waals surface area (Å²) in [6.45, 7) is 3.87. The van der Waals surface area contributed by atoms with Crippen LogP contribution in [0.25, 0.3) is 0 Å². The van der Waals surface area contributed by atoms with Gasteiger partial charge in [-0.2, -0.15) is 0 Å². The monoisotopic (exact) mass is 299 g/mol. The van der Waals surface area contributed by atoms with Crippen LogP contribution < -0.4 is 0 Å². The molecule has 0 amide bonds. The Labute approximate surface area is 120 Å². The molecule has 3 nitrogen and oxygen atoms in total. The zero-order valence-corrected chi connectivity index (χ0v) is 12.9. The van der Waals surface area contributed by atoms with Gasteiger partial charge in [0.1, 0.15) is 15.7 Å². The third-order valence-electron chi connectivity index (χ3n) is 3.95. The van der Waals surface area contributed by atoms with Crippen LogP contribution in [-0.2, 0) is 9.84 Å². The zero-order valence-electron chi connectivity index (χ0n) is 12.0. The first-order chi connectivity index (χ1) is 9.37. The van der Waals surface area contributed by atoms with Crippen LogP contribution in [0.1, 0.15) is 31.4 Å². The van der Waals surface area contributed by atoms with E-state index in [9.17, 15) is 12.8 Å². The largest absolute Gasteiger partial charge is 0.296 e. The number of nitrogens with zero attached hydrogens (tertiary/aromatic N) is 1. The Morgan fingerprint density at radius 2 is 2.15 bits per heavy atom. The molecule has 1 saturated heterocycles. The first-order valence-corrected chi connectivity index (χ1v) is 9.10. The molecule has 2 rings (SSSR count). The number of benzene rings is 1. The highest BCUT2D eigenvalue weighted by molar-refractivity contribution is 7.90. The van der Waals surface area contributed by atoms with Crippen molar-refractivity contribution in [3.63, 3.8) is 0 Å². The highest BCUT2D eigenvalue weighted by Crippen LogP contribution is 2.37. The van der Waals surface area contributed by atoms with E-state index in [0.29, 0.717) is 12.3 Å². The summed E-state index contributed by atoms with van der Waals surface area (Å²) >= 11 is 0. The Kier molecular flexibility index (Phi) is 4.81. The second-order valence-electron chi connectivity index (χ2n) is 5.79. The summed E-state index contributed by atoms with van der Waals surface area (Å²) in [5, 5.41) is 0. The maximum absolute atomic E-state index is 13.4. The van der Waals surface area contributed by atoms with Gasteiger partial charge in [0, 0.05) is 12.3 Å². The minimum atomic E-state index is -2.90. The molecule has 0 aliphatic carbocycles. The van der Waals surface area contributed by atoms with E-state index in [1.165, 1.54) is 12.3 Å². The third-order valence-corrected chi connectivity index (χ3v) is 4.98. The fraction of sp³-hybridized carbons (Fsp3) is 0.600. The number of rotatable bonds is 5. The maximum Gasteiger partial charge on any atom is 0.147 e. The van der Waals surface area contributed by atoms with Gasteiger partial charge in [0.15, 0.2) is 0 Å². The molecule has 1 aromatic carbocycles. The van der Waals surface area contributed by atoms with Crippen molar-refractivity contribution in [2.24, 2.45) is 5.92 Å². The van der Waals surface area contributed by atoms with Gasteiger partial charge in [-0.3, -0.25) is 4.90 Å². The lowest BCUT2D eigenvalue weighted by Crippen LogP contribution is -2.27. The SMILES string of the molecule is CC1CCN(CCCS(C)(=O)=O)C1c1cccc(F)c1. The van der Waals surface area contributed by atoms with Crippen LogP contribution in [0.5, 0.6) is 0 Å². The van der Waals surface area contributed by atoms with E-state index < -0.39 is 9.84 Å². The van der Waals surface area contributed by atoms with Crippen molar-refractivity contribution < 1.29 is 12.8 Å². The molecule has 112 valence electrons. The molecule has 1 fully saturated rings. The van der Waals surface area contributed by atoms with E-state index in [4.69, 9.17) is 0 Å². The van der Waals surface area contributed by atoms with Gasteiger partial charge < -0.3 is 0 Å². The number of hydrogen-bond acceptors (Lipinski definition) is 3.